The van der Waals surface area contributed by atoms with Gasteiger partial charge >= 0.3 is 12.1 Å². The number of nitrogens with zero attached hydrogens (tertiary/aromatic N) is 1. The molecule has 0 aromatic heterocycles. The predicted molar refractivity (Wildman–Crippen MR) is 116 cm³/mol. The van der Waals surface area contributed by atoms with Crippen LogP contribution in [0.5, 0.6) is 0 Å². The van der Waals surface area contributed by atoms with E-state index in [1.165, 1.54) is 25.3 Å². The van der Waals surface area contributed by atoms with Gasteiger partial charge in [0.15, 0.2) is 0 Å². The second kappa shape index (κ2) is 8.13. The van der Waals surface area contributed by atoms with E-state index in [4.69, 9.17) is 32.7 Å². The monoisotopic (exact) mass is 447 g/mol. The van der Waals surface area contributed by atoms with E-state index in [0.717, 1.165) is 4.90 Å². The molecule has 30 heavy (non-hydrogen) atoms. The summed E-state index contributed by atoms with van der Waals surface area (Å²) in [7, 11) is 1.26. The number of fused-ring (bicyclic) bond motifs is 1. The van der Waals surface area contributed by atoms with Gasteiger partial charge < -0.3 is 9.47 Å². The average molecular weight is 448 g/mol. The van der Waals surface area contributed by atoms with E-state index in [1.54, 1.807) is 45.0 Å². The van der Waals surface area contributed by atoms with Gasteiger partial charge in [0.2, 0.25) is 0 Å². The quantitative estimate of drug-likeness (QED) is 0.442. The molecule has 6 nitrogen and oxygen atoms in total. The maximum Gasteiger partial charge on any atom is 0.422 e. The number of methoxy groups -OCH3 is 1. The maximum absolute atomic E-state index is 13.2. The molecule has 1 heterocycles. The minimum Gasteiger partial charge on any atom is -0.465 e. The summed E-state index contributed by atoms with van der Waals surface area (Å²) in [6.45, 7) is 5.11. The predicted octanol–water partition coefficient (Wildman–Crippen LogP) is 5.60. The molecule has 1 aliphatic rings. The van der Waals surface area contributed by atoms with Crippen molar-refractivity contribution >= 4 is 58.5 Å². The van der Waals surface area contributed by atoms with Crippen molar-refractivity contribution in [3.05, 3.63) is 63.1 Å². The lowest BCUT2D eigenvalue weighted by Crippen LogP contribution is -2.38. The molecule has 0 aliphatic carbocycles. The van der Waals surface area contributed by atoms with E-state index in [2.05, 4.69) is 0 Å². The number of rotatable bonds is 2. The van der Waals surface area contributed by atoms with Crippen molar-refractivity contribution < 1.29 is 23.9 Å². The van der Waals surface area contributed by atoms with Crippen LogP contribution in [0.25, 0.3) is 11.6 Å². The minimum atomic E-state index is -0.821. The minimum absolute atomic E-state index is 0.194. The van der Waals surface area contributed by atoms with Crippen molar-refractivity contribution in [2.75, 3.05) is 12.0 Å². The molecule has 2 aromatic rings. The van der Waals surface area contributed by atoms with Crippen LogP contribution in [-0.4, -0.2) is 30.7 Å². The molecule has 1 aliphatic heterocycles. The van der Waals surface area contributed by atoms with Crippen LogP contribution in [0.4, 0.5) is 10.5 Å². The van der Waals surface area contributed by atoms with E-state index in [0.29, 0.717) is 26.9 Å². The molecule has 3 rings (SSSR count). The van der Waals surface area contributed by atoms with Gasteiger partial charge in [-0.1, -0.05) is 29.3 Å². The SMILES string of the molecule is COC(=O)c1ccc(Cl)cc1/C=C1\C(=O)N(C(=O)OC(C)(C)C)c2cc(Cl)ccc21. The molecular weight excluding hydrogens is 429 g/mol. The first-order chi connectivity index (χ1) is 14.0. The number of anilines is 1. The van der Waals surface area contributed by atoms with Crippen LogP contribution in [-0.2, 0) is 14.3 Å². The Kier molecular flexibility index (Phi) is 5.92. The highest BCUT2D eigenvalue weighted by atomic mass is 35.5. The molecule has 0 saturated carbocycles. The van der Waals surface area contributed by atoms with Crippen molar-refractivity contribution in [3.63, 3.8) is 0 Å². The van der Waals surface area contributed by atoms with Gasteiger partial charge in [0.05, 0.1) is 23.9 Å². The number of carbonyl (C=O) groups is 3. The molecule has 8 heteroatoms. The summed E-state index contributed by atoms with van der Waals surface area (Å²) >= 11 is 12.2. The molecule has 0 N–H and O–H groups in total. The Morgan fingerprint density at radius 2 is 1.67 bits per heavy atom. The zero-order chi connectivity index (χ0) is 22.2. The topological polar surface area (TPSA) is 72.9 Å². The summed E-state index contributed by atoms with van der Waals surface area (Å²) in [4.78, 5) is 39.0. The molecule has 0 saturated heterocycles. The molecule has 0 spiro atoms. The van der Waals surface area contributed by atoms with E-state index in [1.807, 2.05) is 0 Å². The van der Waals surface area contributed by atoms with Gasteiger partial charge in [-0.05, 0) is 62.7 Å². The third kappa shape index (κ3) is 4.35. The van der Waals surface area contributed by atoms with Crippen LogP contribution in [0.15, 0.2) is 36.4 Å². The van der Waals surface area contributed by atoms with Crippen molar-refractivity contribution in [1.82, 2.24) is 0 Å². The Morgan fingerprint density at radius 3 is 2.30 bits per heavy atom. The average Bonchev–Trinajstić information content (AvgIpc) is 2.91. The molecule has 0 radical (unpaired) electrons. The van der Waals surface area contributed by atoms with Gasteiger partial charge in [0, 0.05) is 15.6 Å². The lowest BCUT2D eigenvalue weighted by Gasteiger charge is -2.23. The summed E-state index contributed by atoms with van der Waals surface area (Å²) in [6.07, 6.45) is 0.677. The highest BCUT2D eigenvalue weighted by Crippen LogP contribution is 2.40. The van der Waals surface area contributed by atoms with Crippen molar-refractivity contribution in [3.8, 4) is 0 Å². The largest absolute Gasteiger partial charge is 0.465 e. The first-order valence-electron chi connectivity index (χ1n) is 8.99. The molecule has 156 valence electrons. The Morgan fingerprint density at radius 1 is 1.03 bits per heavy atom. The van der Waals surface area contributed by atoms with Crippen molar-refractivity contribution in [2.45, 2.75) is 26.4 Å². The number of ether oxygens (including phenoxy) is 2. The second-order valence-electron chi connectivity index (χ2n) is 7.56. The summed E-state index contributed by atoms with van der Waals surface area (Å²) in [5, 5.41) is 0.731. The van der Waals surface area contributed by atoms with Crippen LogP contribution >= 0.6 is 23.2 Å². The van der Waals surface area contributed by atoms with E-state index in [9.17, 15) is 14.4 Å². The fourth-order valence-corrected chi connectivity index (χ4v) is 3.34. The zero-order valence-electron chi connectivity index (χ0n) is 16.8. The number of benzene rings is 2. The number of amides is 2. The number of hydrogen-bond acceptors (Lipinski definition) is 5. The number of carbonyl (C=O) groups excluding carboxylic acids is 3. The molecular formula is C22H19Cl2NO5. The van der Waals surface area contributed by atoms with Crippen molar-refractivity contribution in [1.29, 1.82) is 0 Å². The molecule has 2 amide bonds. The Hall–Kier alpha value is -2.83. The van der Waals surface area contributed by atoms with Gasteiger partial charge in [0.1, 0.15) is 5.60 Å². The lowest BCUT2D eigenvalue weighted by atomic mass is 10.0. The lowest BCUT2D eigenvalue weighted by molar-refractivity contribution is -0.112. The fourth-order valence-electron chi connectivity index (χ4n) is 3.00. The van der Waals surface area contributed by atoms with Gasteiger partial charge in [-0.3, -0.25) is 4.79 Å². The Balaban J connectivity index is 2.16. The molecule has 0 atom stereocenters. The number of hydrogen-bond donors (Lipinski definition) is 0. The molecule has 0 unspecified atom stereocenters. The smallest absolute Gasteiger partial charge is 0.422 e. The third-order valence-corrected chi connectivity index (χ3v) is 4.69. The van der Waals surface area contributed by atoms with Gasteiger partial charge in [-0.15, -0.1) is 0 Å². The van der Waals surface area contributed by atoms with Gasteiger partial charge in [-0.2, -0.15) is 0 Å². The Labute approximate surface area is 184 Å². The van der Waals surface area contributed by atoms with Gasteiger partial charge in [-0.25, -0.2) is 14.5 Å². The van der Waals surface area contributed by atoms with Crippen LogP contribution in [0.3, 0.4) is 0 Å². The molecule has 2 aromatic carbocycles. The molecule has 0 fully saturated rings. The van der Waals surface area contributed by atoms with Crippen LogP contribution < -0.4 is 4.90 Å². The molecule has 0 bridgehead atoms. The number of esters is 1. The summed E-state index contributed by atoms with van der Waals surface area (Å²) in [5.74, 6) is -1.18. The first kappa shape index (κ1) is 21.9. The number of imide groups is 1. The van der Waals surface area contributed by atoms with Crippen LogP contribution in [0.1, 0.15) is 42.3 Å². The summed E-state index contributed by atoms with van der Waals surface area (Å²) in [6, 6.07) is 9.35. The number of halogens is 2. The van der Waals surface area contributed by atoms with E-state index >= 15 is 0 Å². The standard InChI is InChI=1S/C22H19Cl2NO5/c1-22(2,3)30-21(28)25-18-11-14(24)6-8-16(18)17(19(25)26)10-12-9-13(23)5-7-15(12)20(27)29-4/h5-11H,1-4H3/b17-10-. The Bertz CT molecular complexity index is 1090. The van der Waals surface area contributed by atoms with E-state index in [-0.39, 0.29) is 11.1 Å². The highest BCUT2D eigenvalue weighted by molar-refractivity contribution is 6.42. The summed E-state index contributed by atoms with van der Waals surface area (Å²) < 4.78 is 10.2. The highest BCUT2D eigenvalue weighted by Gasteiger charge is 2.39. The second-order valence-corrected chi connectivity index (χ2v) is 8.44. The van der Waals surface area contributed by atoms with Gasteiger partial charge in [0.25, 0.3) is 5.91 Å². The van der Waals surface area contributed by atoms with E-state index < -0.39 is 23.6 Å². The van der Waals surface area contributed by atoms with Crippen LogP contribution in [0, 0.1) is 0 Å². The maximum atomic E-state index is 13.2. The normalized spacial score (nSPS) is 14.7. The zero-order valence-corrected chi connectivity index (χ0v) is 18.3. The fraction of sp³-hybridized carbons (Fsp3) is 0.227. The first-order valence-corrected chi connectivity index (χ1v) is 9.74. The summed E-state index contributed by atoms with van der Waals surface area (Å²) in [5.41, 5.74) is 0.784. The van der Waals surface area contributed by atoms with Crippen LogP contribution in [0.2, 0.25) is 10.0 Å². The van der Waals surface area contributed by atoms with Crippen molar-refractivity contribution in [2.24, 2.45) is 0 Å². The third-order valence-electron chi connectivity index (χ3n) is 4.22.